The molecule has 0 saturated heterocycles. The van der Waals surface area contributed by atoms with Crippen LogP contribution in [0.15, 0.2) is 6.07 Å². The highest BCUT2D eigenvalue weighted by Gasteiger charge is 2.08. The summed E-state index contributed by atoms with van der Waals surface area (Å²) in [5.41, 5.74) is 6.99. The largest absolute Gasteiger partial charge is 0.388 e. The van der Waals surface area contributed by atoms with Gasteiger partial charge in [0.25, 0.3) is 0 Å². The Labute approximate surface area is 101 Å². The summed E-state index contributed by atoms with van der Waals surface area (Å²) in [6.07, 6.45) is 0. The molecule has 88 valence electrons. The van der Waals surface area contributed by atoms with Crippen LogP contribution in [0.1, 0.15) is 11.4 Å². The van der Waals surface area contributed by atoms with Crippen molar-refractivity contribution in [1.82, 2.24) is 9.97 Å². The average Bonchev–Trinajstić information content (AvgIpc) is 2.24. The first-order valence-corrected chi connectivity index (χ1v) is 5.31. The zero-order valence-electron chi connectivity index (χ0n) is 9.73. The van der Waals surface area contributed by atoms with Crippen LogP contribution >= 0.6 is 12.2 Å². The van der Waals surface area contributed by atoms with Gasteiger partial charge in [0.1, 0.15) is 10.7 Å². The number of aromatic nitrogens is 2. The maximum absolute atomic E-state index is 5.55. The van der Waals surface area contributed by atoms with Gasteiger partial charge in [-0.25, -0.2) is 9.97 Å². The maximum atomic E-state index is 5.55. The average molecular weight is 240 g/mol. The Balaban J connectivity index is 2.91. The number of thiocarbonyl (C=S) groups is 1. The predicted molar refractivity (Wildman–Crippen MR) is 67.8 cm³/mol. The summed E-state index contributed by atoms with van der Waals surface area (Å²) in [5, 5.41) is 0. The van der Waals surface area contributed by atoms with Crippen molar-refractivity contribution in [2.24, 2.45) is 5.73 Å². The minimum Gasteiger partial charge on any atom is -0.388 e. The Morgan fingerprint density at radius 3 is 2.81 bits per heavy atom. The van der Waals surface area contributed by atoms with E-state index in [0.29, 0.717) is 18.2 Å². The summed E-state index contributed by atoms with van der Waals surface area (Å²) in [5.74, 6) is 0.611. The molecule has 0 radical (unpaired) electrons. The van der Waals surface area contributed by atoms with Gasteiger partial charge in [-0.2, -0.15) is 0 Å². The fourth-order valence-electron chi connectivity index (χ4n) is 1.18. The van der Waals surface area contributed by atoms with Gasteiger partial charge in [-0.15, -0.1) is 0 Å². The molecule has 0 aliphatic heterocycles. The van der Waals surface area contributed by atoms with E-state index in [4.69, 9.17) is 22.7 Å². The molecular formula is C10H16N4OS. The summed E-state index contributed by atoms with van der Waals surface area (Å²) in [4.78, 5) is 10.8. The van der Waals surface area contributed by atoms with Gasteiger partial charge in [-0.1, -0.05) is 12.2 Å². The number of rotatable bonds is 5. The number of ether oxygens (including phenoxy) is 1. The monoisotopic (exact) mass is 240 g/mol. The summed E-state index contributed by atoms with van der Waals surface area (Å²) >= 11 is 4.90. The van der Waals surface area contributed by atoms with Gasteiger partial charge >= 0.3 is 0 Å². The molecule has 2 N–H and O–H groups in total. The zero-order chi connectivity index (χ0) is 12.1. The van der Waals surface area contributed by atoms with E-state index in [9.17, 15) is 0 Å². The molecule has 0 spiro atoms. The second-order valence-electron chi connectivity index (χ2n) is 3.47. The van der Waals surface area contributed by atoms with E-state index in [2.05, 4.69) is 9.97 Å². The normalized spacial score (nSPS) is 10.2. The summed E-state index contributed by atoms with van der Waals surface area (Å²) in [6.45, 7) is 3.23. The summed E-state index contributed by atoms with van der Waals surface area (Å²) < 4.78 is 4.99. The number of anilines is 1. The molecule has 1 aromatic rings. The van der Waals surface area contributed by atoms with Crippen LogP contribution in [0.5, 0.6) is 0 Å². The fourth-order valence-corrected chi connectivity index (χ4v) is 1.28. The van der Waals surface area contributed by atoms with Crippen molar-refractivity contribution < 1.29 is 4.74 Å². The third-order valence-corrected chi connectivity index (χ3v) is 2.28. The Kier molecular flexibility index (Phi) is 4.57. The molecule has 0 saturated carbocycles. The molecule has 0 fully saturated rings. The molecule has 0 amide bonds. The molecule has 1 rings (SSSR count). The van der Waals surface area contributed by atoms with Gasteiger partial charge in [0.2, 0.25) is 5.95 Å². The Bertz CT molecular complexity index is 383. The topological polar surface area (TPSA) is 64.3 Å². The third-order valence-electron chi connectivity index (χ3n) is 2.07. The van der Waals surface area contributed by atoms with Gasteiger partial charge in [-0.3, -0.25) is 0 Å². The lowest BCUT2D eigenvalue weighted by Crippen LogP contribution is -2.25. The summed E-state index contributed by atoms with van der Waals surface area (Å²) in [7, 11) is 3.56. The minimum absolute atomic E-state index is 0.284. The second kappa shape index (κ2) is 5.72. The smallest absolute Gasteiger partial charge is 0.226 e. The molecule has 1 aromatic heterocycles. The van der Waals surface area contributed by atoms with E-state index in [-0.39, 0.29) is 4.99 Å². The van der Waals surface area contributed by atoms with Gasteiger partial charge in [-0.05, 0) is 13.0 Å². The molecule has 0 bridgehead atoms. The molecule has 0 aliphatic rings. The van der Waals surface area contributed by atoms with Crippen molar-refractivity contribution >= 4 is 23.2 Å². The van der Waals surface area contributed by atoms with Crippen LogP contribution < -0.4 is 10.6 Å². The maximum Gasteiger partial charge on any atom is 0.226 e. The molecule has 0 aliphatic carbocycles. The lowest BCUT2D eigenvalue weighted by molar-refractivity contribution is 0.206. The Morgan fingerprint density at radius 1 is 1.56 bits per heavy atom. The van der Waals surface area contributed by atoms with Crippen LogP contribution in [0.3, 0.4) is 0 Å². The van der Waals surface area contributed by atoms with Gasteiger partial charge in [0.15, 0.2) is 0 Å². The number of nitrogens with zero attached hydrogens (tertiary/aromatic N) is 3. The number of hydrogen-bond donors (Lipinski definition) is 1. The number of likely N-dealkylation sites (N-methyl/N-ethyl adjacent to an activating group) is 1. The van der Waals surface area contributed by atoms with Crippen molar-refractivity contribution in [1.29, 1.82) is 0 Å². The fraction of sp³-hybridized carbons (Fsp3) is 0.500. The van der Waals surface area contributed by atoms with Gasteiger partial charge in [0.05, 0.1) is 6.61 Å². The predicted octanol–water partition coefficient (Wildman–Crippen LogP) is 0.502. The van der Waals surface area contributed by atoms with Gasteiger partial charge < -0.3 is 15.4 Å². The van der Waals surface area contributed by atoms with E-state index in [0.717, 1.165) is 12.2 Å². The number of aryl methyl sites for hydroxylation is 1. The van der Waals surface area contributed by atoms with Crippen LogP contribution in [0.4, 0.5) is 5.95 Å². The Hall–Kier alpha value is -1.27. The first-order valence-electron chi connectivity index (χ1n) is 4.90. The first-order chi connectivity index (χ1) is 7.54. The molecule has 6 heteroatoms. The number of methoxy groups -OCH3 is 1. The number of nitrogens with two attached hydrogens (primary N) is 1. The molecule has 5 nitrogen and oxygen atoms in total. The van der Waals surface area contributed by atoms with E-state index >= 15 is 0 Å². The second-order valence-corrected chi connectivity index (χ2v) is 3.91. The molecule has 0 aromatic carbocycles. The van der Waals surface area contributed by atoms with Crippen molar-refractivity contribution in [3.05, 3.63) is 17.5 Å². The molecule has 0 atom stereocenters. The standard InChI is InChI=1S/C10H16N4OS/c1-7-6-8(9(11)16)13-10(12-7)14(2)4-5-15-3/h6H,4-5H2,1-3H3,(H2,11,16). The summed E-state index contributed by atoms with van der Waals surface area (Å²) in [6, 6.07) is 1.77. The van der Waals surface area contributed by atoms with Crippen LogP contribution in [-0.2, 0) is 4.74 Å². The van der Waals surface area contributed by atoms with E-state index in [1.54, 1.807) is 13.2 Å². The quantitative estimate of drug-likeness (QED) is 0.756. The van der Waals surface area contributed by atoms with Crippen molar-refractivity contribution in [2.45, 2.75) is 6.92 Å². The van der Waals surface area contributed by atoms with Crippen molar-refractivity contribution in [3.8, 4) is 0 Å². The Morgan fingerprint density at radius 2 is 2.25 bits per heavy atom. The lowest BCUT2D eigenvalue weighted by atomic mass is 10.3. The van der Waals surface area contributed by atoms with Crippen LogP contribution in [-0.4, -0.2) is 42.3 Å². The van der Waals surface area contributed by atoms with Crippen molar-refractivity contribution in [2.75, 3.05) is 32.2 Å². The highest BCUT2D eigenvalue weighted by atomic mass is 32.1. The van der Waals surface area contributed by atoms with Crippen LogP contribution in [0, 0.1) is 6.92 Å². The number of hydrogen-bond acceptors (Lipinski definition) is 5. The third kappa shape index (κ3) is 3.39. The highest BCUT2D eigenvalue weighted by Crippen LogP contribution is 2.08. The van der Waals surface area contributed by atoms with Crippen LogP contribution in [0.25, 0.3) is 0 Å². The molecule has 1 heterocycles. The zero-order valence-corrected chi connectivity index (χ0v) is 10.5. The SMILES string of the molecule is COCCN(C)c1nc(C)cc(C(N)=S)n1. The van der Waals surface area contributed by atoms with Crippen LogP contribution in [0.2, 0.25) is 0 Å². The molecule has 16 heavy (non-hydrogen) atoms. The lowest BCUT2D eigenvalue weighted by Gasteiger charge is -2.17. The minimum atomic E-state index is 0.284. The molecular weight excluding hydrogens is 224 g/mol. The van der Waals surface area contributed by atoms with E-state index in [1.807, 2.05) is 18.9 Å². The highest BCUT2D eigenvalue weighted by molar-refractivity contribution is 7.80. The first kappa shape index (κ1) is 12.8. The van der Waals surface area contributed by atoms with Gasteiger partial charge in [0, 0.05) is 26.4 Å². The molecule has 0 unspecified atom stereocenters. The van der Waals surface area contributed by atoms with E-state index in [1.165, 1.54) is 0 Å². The van der Waals surface area contributed by atoms with E-state index < -0.39 is 0 Å². The van der Waals surface area contributed by atoms with Crippen molar-refractivity contribution in [3.63, 3.8) is 0 Å².